The second-order valence-electron chi connectivity index (χ2n) is 5.12. The van der Waals surface area contributed by atoms with Gasteiger partial charge in [-0.25, -0.2) is 4.79 Å². The highest BCUT2D eigenvalue weighted by atomic mass is 16.5. The van der Waals surface area contributed by atoms with E-state index < -0.39 is 5.97 Å². The summed E-state index contributed by atoms with van der Waals surface area (Å²) < 4.78 is 4.60. The van der Waals surface area contributed by atoms with Crippen LogP contribution in [0.15, 0.2) is 12.1 Å². The lowest BCUT2D eigenvalue weighted by molar-refractivity contribution is 0.0592. The van der Waals surface area contributed by atoms with Crippen LogP contribution in [0.1, 0.15) is 30.8 Å². The van der Waals surface area contributed by atoms with Gasteiger partial charge in [-0.3, -0.25) is 0 Å². The molecule has 0 aromatic carbocycles. The standard InChI is InChI=1S/C13H19N3O2/c1-9-6-10(2)8-16(7-9)12-5-4-11(14-15-12)13(17)18-3/h4-5,9-10H,6-8H2,1-3H3/t9-,10+. The van der Waals surface area contributed by atoms with Crippen LogP contribution in [0.25, 0.3) is 0 Å². The summed E-state index contributed by atoms with van der Waals surface area (Å²) in [5.41, 5.74) is 0.249. The van der Waals surface area contributed by atoms with Crippen molar-refractivity contribution in [1.82, 2.24) is 10.2 Å². The molecule has 2 heterocycles. The second kappa shape index (κ2) is 5.33. The van der Waals surface area contributed by atoms with Crippen LogP contribution in [0.4, 0.5) is 5.82 Å². The quantitative estimate of drug-likeness (QED) is 0.747. The number of nitrogens with zero attached hydrogens (tertiary/aromatic N) is 3. The van der Waals surface area contributed by atoms with Gasteiger partial charge < -0.3 is 9.64 Å². The number of hydrogen-bond donors (Lipinski definition) is 0. The van der Waals surface area contributed by atoms with E-state index in [4.69, 9.17) is 0 Å². The third kappa shape index (κ3) is 2.78. The van der Waals surface area contributed by atoms with Crippen LogP contribution in [0, 0.1) is 11.8 Å². The highest BCUT2D eigenvalue weighted by Gasteiger charge is 2.23. The minimum Gasteiger partial charge on any atom is -0.464 e. The first-order valence-electron chi connectivity index (χ1n) is 6.27. The van der Waals surface area contributed by atoms with Gasteiger partial charge in [-0.05, 0) is 30.4 Å². The fourth-order valence-electron chi connectivity index (χ4n) is 2.56. The van der Waals surface area contributed by atoms with Gasteiger partial charge in [0.15, 0.2) is 11.5 Å². The van der Waals surface area contributed by atoms with Crippen LogP contribution in [0.3, 0.4) is 0 Å². The van der Waals surface area contributed by atoms with Crippen LogP contribution < -0.4 is 4.90 Å². The largest absolute Gasteiger partial charge is 0.464 e. The van der Waals surface area contributed by atoms with Crippen molar-refractivity contribution in [3.8, 4) is 0 Å². The molecule has 1 aromatic heterocycles. The zero-order chi connectivity index (χ0) is 13.1. The Balaban J connectivity index is 2.11. The lowest BCUT2D eigenvalue weighted by atomic mass is 9.92. The lowest BCUT2D eigenvalue weighted by Gasteiger charge is -2.35. The molecule has 0 radical (unpaired) electrons. The molecular weight excluding hydrogens is 230 g/mol. The Bertz CT molecular complexity index is 409. The van der Waals surface area contributed by atoms with Crippen molar-refractivity contribution in [1.29, 1.82) is 0 Å². The van der Waals surface area contributed by atoms with Gasteiger partial charge in [0.05, 0.1) is 7.11 Å². The molecule has 0 saturated carbocycles. The minimum atomic E-state index is -0.450. The summed E-state index contributed by atoms with van der Waals surface area (Å²) in [7, 11) is 1.34. The molecule has 0 N–H and O–H groups in total. The van der Waals surface area contributed by atoms with Crippen LogP contribution in [-0.2, 0) is 4.74 Å². The monoisotopic (exact) mass is 249 g/mol. The van der Waals surface area contributed by atoms with Crippen molar-refractivity contribution in [3.63, 3.8) is 0 Å². The van der Waals surface area contributed by atoms with Crippen molar-refractivity contribution in [2.75, 3.05) is 25.1 Å². The van der Waals surface area contributed by atoms with Crippen LogP contribution in [-0.4, -0.2) is 36.4 Å². The average molecular weight is 249 g/mol. The van der Waals surface area contributed by atoms with E-state index >= 15 is 0 Å². The number of carbonyl (C=O) groups is 1. The molecule has 1 fully saturated rings. The van der Waals surface area contributed by atoms with Gasteiger partial charge in [0.2, 0.25) is 0 Å². The SMILES string of the molecule is COC(=O)c1ccc(N2C[C@H](C)C[C@H](C)C2)nn1. The maximum atomic E-state index is 11.3. The number of carbonyl (C=O) groups excluding carboxylic acids is 1. The number of hydrogen-bond acceptors (Lipinski definition) is 5. The molecule has 1 saturated heterocycles. The number of methoxy groups -OCH3 is 1. The Morgan fingerprint density at radius 2 is 1.94 bits per heavy atom. The van der Waals surface area contributed by atoms with Gasteiger partial charge in [-0.1, -0.05) is 13.8 Å². The normalized spacial score (nSPS) is 23.8. The molecule has 98 valence electrons. The predicted molar refractivity (Wildman–Crippen MR) is 68.5 cm³/mol. The van der Waals surface area contributed by atoms with Gasteiger partial charge in [0.1, 0.15) is 0 Å². The first-order valence-corrected chi connectivity index (χ1v) is 6.27. The lowest BCUT2D eigenvalue weighted by Crippen LogP contribution is -2.39. The molecule has 1 aromatic rings. The molecule has 2 atom stereocenters. The Hall–Kier alpha value is -1.65. The van der Waals surface area contributed by atoms with E-state index in [1.54, 1.807) is 6.07 Å². The van der Waals surface area contributed by atoms with Gasteiger partial charge in [-0.2, -0.15) is 0 Å². The Morgan fingerprint density at radius 3 is 2.44 bits per heavy atom. The maximum Gasteiger partial charge on any atom is 0.358 e. The molecule has 0 amide bonds. The molecule has 5 nitrogen and oxygen atoms in total. The zero-order valence-electron chi connectivity index (χ0n) is 11.1. The molecule has 5 heteroatoms. The summed E-state index contributed by atoms with van der Waals surface area (Å²) in [6.07, 6.45) is 1.25. The van der Waals surface area contributed by atoms with Crippen LogP contribution >= 0.6 is 0 Å². The molecular formula is C13H19N3O2. The van der Waals surface area contributed by atoms with Crippen LogP contribution in [0.5, 0.6) is 0 Å². The third-order valence-electron chi connectivity index (χ3n) is 3.24. The van der Waals surface area contributed by atoms with Crippen molar-refractivity contribution in [2.24, 2.45) is 11.8 Å². The predicted octanol–water partition coefficient (Wildman–Crippen LogP) is 1.75. The highest BCUT2D eigenvalue weighted by molar-refractivity contribution is 5.86. The highest BCUT2D eigenvalue weighted by Crippen LogP contribution is 2.24. The molecule has 18 heavy (non-hydrogen) atoms. The summed E-state index contributed by atoms with van der Waals surface area (Å²) in [5, 5.41) is 8.02. The fourth-order valence-corrected chi connectivity index (χ4v) is 2.56. The maximum absolute atomic E-state index is 11.3. The van der Waals surface area contributed by atoms with Gasteiger partial charge in [0, 0.05) is 13.1 Å². The van der Waals surface area contributed by atoms with E-state index in [0.717, 1.165) is 18.9 Å². The van der Waals surface area contributed by atoms with Crippen molar-refractivity contribution < 1.29 is 9.53 Å². The Morgan fingerprint density at radius 1 is 1.28 bits per heavy atom. The average Bonchev–Trinajstić information content (AvgIpc) is 2.37. The molecule has 0 unspecified atom stereocenters. The van der Waals surface area contributed by atoms with Crippen molar-refractivity contribution >= 4 is 11.8 Å². The number of aromatic nitrogens is 2. The molecule has 0 spiro atoms. The van der Waals surface area contributed by atoms with Gasteiger partial charge in [0.25, 0.3) is 0 Å². The van der Waals surface area contributed by atoms with Crippen LogP contribution in [0.2, 0.25) is 0 Å². The van der Waals surface area contributed by atoms with E-state index in [0.29, 0.717) is 11.8 Å². The molecule has 1 aliphatic rings. The first kappa shape index (κ1) is 12.8. The number of esters is 1. The van der Waals surface area contributed by atoms with E-state index in [-0.39, 0.29) is 5.69 Å². The number of rotatable bonds is 2. The van der Waals surface area contributed by atoms with E-state index in [1.807, 2.05) is 6.07 Å². The first-order chi connectivity index (χ1) is 8.60. The summed E-state index contributed by atoms with van der Waals surface area (Å²) in [4.78, 5) is 13.5. The molecule has 1 aliphatic heterocycles. The van der Waals surface area contributed by atoms with Crippen molar-refractivity contribution in [2.45, 2.75) is 20.3 Å². The Kier molecular flexibility index (Phi) is 3.79. The number of ether oxygens (including phenoxy) is 1. The number of anilines is 1. The minimum absolute atomic E-state index is 0.249. The molecule has 2 rings (SSSR count). The fraction of sp³-hybridized carbons (Fsp3) is 0.615. The summed E-state index contributed by atoms with van der Waals surface area (Å²) in [6, 6.07) is 3.50. The zero-order valence-corrected chi connectivity index (χ0v) is 11.1. The molecule has 0 bridgehead atoms. The molecule has 0 aliphatic carbocycles. The smallest absolute Gasteiger partial charge is 0.358 e. The topological polar surface area (TPSA) is 55.3 Å². The van der Waals surface area contributed by atoms with Gasteiger partial charge in [-0.15, -0.1) is 10.2 Å². The summed E-state index contributed by atoms with van der Waals surface area (Å²) in [6.45, 7) is 6.49. The van der Waals surface area contributed by atoms with E-state index in [2.05, 4.69) is 33.7 Å². The summed E-state index contributed by atoms with van der Waals surface area (Å²) in [5.74, 6) is 1.71. The van der Waals surface area contributed by atoms with E-state index in [9.17, 15) is 4.79 Å². The van der Waals surface area contributed by atoms with Gasteiger partial charge >= 0.3 is 5.97 Å². The summed E-state index contributed by atoms with van der Waals surface area (Å²) >= 11 is 0. The number of piperidine rings is 1. The second-order valence-corrected chi connectivity index (χ2v) is 5.12. The van der Waals surface area contributed by atoms with Crippen molar-refractivity contribution in [3.05, 3.63) is 17.8 Å². The van der Waals surface area contributed by atoms with E-state index in [1.165, 1.54) is 13.5 Å². The third-order valence-corrected chi connectivity index (χ3v) is 3.24. The Labute approximate surface area is 107 Å².